The van der Waals surface area contributed by atoms with Crippen molar-refractivity contribution in [2.24, 2.45) is 5.73 Å². The van der Waals surface area contributed by atoms with Gasteiger partial charge in [0.2, 0.25) is 11.9 Å². The Labute approximate surface area is 90.6 Å². The molecule has 2 aromatic rings. The number of nitrogens with zero attached hydrogens (tertiary/aromatic N) is 3. The fraction of sp³-hybridized carbons (Fsp3) is 0.250. The summed E-state index contributed by atoms with van der Waals surface area (Å²) in [6, 6.07) is 0. The largest absolute Gasteiger partial charge is 0.368 e. The summed E-state index contributed by atoms with van der Waals surface area (Å²) in [7, 11) is 1.70. The molecule has 2 heterocycles. The van der Waals surface area contributed by atoms with Crippen molar-refractivity contribution in [1.82, 2.24) is 20.2 Å². The Hall–Kier alpha value is -2.38. The summed E-state index contributed by atoms with van der Waals surface area (Å²) in [5.41, 5.74) is 5.64. The second-order valence-corrected chi connectivity index (χ2v) is 3.10. The standard InChI is InChI=1S/C8H11N7O/c1-10-8-13-6(11-3-5(9)16)4-2-12-15-7(4)14-8/h2H,3H2,1H3,(H2,9,16)(H3,10,11,12,13,14,15). The molecular formula is C8H11N7O. The average Bonchev–Trinajstić information content (AvgIpc) is 2.73. The average molecular weight is 221 g/mol. The van der Waals surface area contributed by atoms with E-state index >= 15 is 0 Å². The maximum absolute atomic E-state index is 10.7. The van der Waals surface area contributed by atoms with Crippen LogP contribution in [0.2, 0.25) is 0 Å². The topological polar surface area (TPSA) is 122 Å². The van der Waals surface area contributed by atoms with E-state index < -0.39 is 5.91 Å². The lowest BCUT2D eigenvalue weighted by Crippen LogP contribution is -2.22. The number of carbonyl (C=O) groups is 1. The number of nitrogens with two attached hydrogens (primary N) is 1. The monoisotopic (exact) mass is 221 g/mol. The minimum absolute atomic E-state index is 0.0143. The molecule has 0 spiro atoms. The van der Waals surface area contributed by atoms with Crippen molar-refractivity contribution in [3.8, 4) is 0 Å². The van der Waals surface area contributed by atoms with Gasteiger partial charge in [-0.25, -0.2) is 0 Å². The third-order valence-corrected chi connectivity index (χ3v) is 1.96. The number of aromatic nitrogens is 4. The lowest BCUT2D eigenvalue weighted by atomic mass is 10.4. The zero-order valence-electron chi connectivity index (χ0n) is 8.61. The first-order valence-electron chi connectivity index (χ1n) is 4.61. The number of fused-ring (bicyclic) bond motifs is 1. The highest BCUT2D eigenvalue weighted by atomic mass is 16.1. The highest BCUT2D eigenvalue weighted by Crippen LogP contribution is 2.19. The number of carbonyl (C=O) groups excluding carboxylic acids is 1. The number of hydrogen-bond acceptors (Lipinski definition) is 6. The number of rotatable bonds is 4. The molecule has 0 unspecified atom stereocenters. The molecule has 8 heteroatoms. The molecule has 0 saturated heterocycles. The van der Waals surface area contributed by atoms with Gasteiger partial charge in [-0.1, -0.05) is 0 Å². The second kappa shape index (κ2) is 4.01. The molecule has 0 bridgehead atoms. The Balaban J connectivity index is 2.40. The van der Waals surface area contributed by atoms with Crippen molar-refractivity contribution in [3.63, 3.8) is 0 Å². The normalized spacial score (nSPS) is 10.3. The highest BCUT2D eigenvalue weighted by Gasteiger charge is 2.08. The number of hydrogen-bond donors (Lipinski definition) is 4. The van der Waals surface area contributed by atoms with Crippen molar-refractivity contribution in [1.29, 1.82) is 0 Å². The van der Waals surface area contributed by atoms with E-state index in [0.717, 1.165) is 0 Å². The summed E-state index contributed by atoms with van der Waals surface area (Å²) in [6.45, 7) is 0.0143. The van der Waals surface area contributed by atoms with Crippen LogP contribution in [0.3, 0.4) is 0 Å². The van der Waals surface area contributed by atoms with Crippen LogP contribution >= 0.6 is 0 Å². The SMILES string of the molecule is CNc1nc(NCC(N)=O)c2cn[nH]c2n1. The number of aromatic amines is 1. The quantitative estimate of drug-likeness (QED) is 0.541. The molecule has 2 aromatic heterocycles. The molecule has 0 aliphatic rings. The second-order valence-electron chi connectivity index (χ2n) is 3.10. The van der Waals surface area contributed by atoms with Gasteiger partial charge in [-0.2, -0.15) is 15.1 Å². The van der Waals surface area contributed by atoms with Crippen LogP contribution in [0.5, 0.6) is 0 Å². The smallest absolute Gasteiger partial charge is 0.236 e. The Bertz CT molecular complexity index is 520. The zero-order valence-corrected chi connectivity index (χ0v) is 8.61. The molecule has 0 aliphatic carbocycles. The molecule has 1 amide bonds. The molecule has 0 atom stereocenters. The molecule has 16 heavy (non-hydrogen) atoms. The van der Waals surface area contributed by atoms with Crippen LogP contribution in [0.1, 0.15) is 0 Å². The fourth-order valence-corrected chi connectivity index (χ4v) is 1.25. The Morgan fingerprint density at radius 3 is 3.06 bits per heavy atom. The molecule has 0 aromatic carbocycles. The zero-order chi connectivity index (χ0) is 11.5. The Morgan fingerprint density at radius 1 is 1.56 bits per heavy atom. The number of anilines is 2. The van der Waals surface area contributed by atoms with Crippen LogP contribution in [-0.4, -0.2) is 39.7 Å². The van der Waals surface area contributed by atoms with Crippen molar-refractivity contribution in [3.05, 3.63) is 6.20 Å². The van der Waals surface area contributed by atoms with Gasteiger partial charge in [-0.15, -0.1) is 0 Å². The van der Waals surface area contributed by atoms with Gasteiger partial charge in [0.15, 0.2) is 5.65 Å². The first-order valence-corrected chi connectivity index (χ1v) is 4.61. The van der Waals surface area contributed by atoms with Crippen molar-refractivity contribution in [2.75, 3.05) is 24.2 Å². The van der Waals surface area contributed by atoms with Gasteiger partial charge in [0.05, 0.1) is 18.1 Å². The third-order valence-electron chi connectivity index (χ3n) is 1.96. The summed E-state index contributed by atoms with van der Waals surface area (Å²) >= 11 is 0. The van der Waals surface area contributed by atoms with E-state index in [2.05, 4.69) is 30.8 Å². The van der Waals surface area contributed by atoms with E-state index in [1.807, 2.05) is 0 Å². The molecule has 2 rings (SSSR count). The van der Waals surface area contributed by atoms with Crippen LogP contribution in [-0.2, 0) is 4.79 Å². The molecule has 0 fully saturated rings. The van der Waals surface area contributed by atoms with Crippen LogP contribution in [0.15, 0.2) is 6.20 Å². The van der Waals surface area contributed by atoms with E-state index in [4.69, 9.17) is 5.73 Å². The van der Waals surface area contributed by atoms with Crippen molar-refractivity contribution in [2.45, 2.75) is 0 Å². The number of primary amides is 1. The van der Waals surface area contributed by atoms with E-state index in [1.54, 1.807) is 13.2 Å². The van der Waals surface area contributed by atoms with Crippen molar-refractivity contribution < 1.29 is 4.79 Å². The molecule has 8 nitrogen and oxygen atoms in total. The summed E-state index contributed by atoms with van der Waals surface area (Å²) in [5.74, 6) is 0.492. The lowest BCUT2D eigenvalue weighted by molar-refractivity contribution is -0.116. The van der Waals surface area contributed by atoms with Gasteiger partial charge in [0, 0.05) is 7.05 Å². The fourth-order valence-electron chi connectivity index (χ4n) is 1.25. The van der Waals surface area contributed by atoms with Gasteiger partial charge >= 0.3 is 0 Å². The van der Waals surface area contributed by atoms with E-state index in [-0.39, 0.29) is 6.54 Å². The maximum atomic E-state index is 10.7. The molecule has 5 N–H and O–H groups in total. The van der Waals surface area contributed by atoms with Gasteiger partial charge in [0.1, 0.15) is 5.82 Å². The van der Waals surface area contributed by atoms with E-state index in [9.17, 15) is 4.79 Å². The summed E-state index contributed by atoms with van der Waals surface area (Å²) in [5, 5.41) is 12.9. The van der Waals surface area contributed by atoms with Gasteiger partial charge < -0.3 is 16.4 Å². The predicted molar refractivity (Wildman–Crippen MR) is 58.9 cm³/mol. The lowest BCUT2D eigenvalue weighted by Gasteiger charge is -2.05. The number of amides is 1. The number of H-pyrrole nitrogens is 1. The van der Waals surface area contributed by atoms with Gasteiger partial charge in [0.25, 0.3) is 0 Å². The van der Waals surface area contributed by atoms with Crippen LogP contribution in [0.25, 0.3) is 11.0 Å². The Morgan fingerprint density at radius 2 is 2.38 bits per heavy atom. The van der Waals surface area contributed by atoms with Gasteiger partial charge in [-0.05, 0) is 0 Å². The van der Waals surface area contributed by atoms with Crippen LogP contribution in [0.4, 0.5) is 11.8 Å². The first-order chi connectivity index (χ1) is 7.70. The molecular weight excluding hydrogens is 210 g/mol. The van der Waals surface area contributed by atoms with E-state index in [0.29, 0.717) is 22.8 Å². The molecule has 0 aliphatic heterocycles. The van der Waals surface area contributed by atoms with Crippen LogP contribution in [0, 0.1) is 0 Å². The highest BCUT2D eigenvalue weighted by molar-refractivity contribution is 5.89. The summed E-state index contributed by atoms with van der Waals surface area (Å²) in [6.07, 6.45) is 1.58. The van der Waals surface area contributed by atoms with Crippen molar-refractivity contribution >= 4 is 28.7 Å². The maximum Gasteiger partial charge on any atom is 0.236 e. The van der Waals surface area contributed by atoms with E-state index in [1.165, 1.54) is 0 Å². The summed E-state index contributed by atoms with van der Waals surface area (Å²) < 4.78 is 0. The summed E-state index contributed by atoms with van der Waals surface area (Å²) in [4.78, 5) is 19.0. The molecule has 0 saturated carbocycles. The Kier molecular flexibility index (Phi) is 2.54. The predicted octanol–water partition coefficient (Wildman–Crippen LogP) is -0.708. The third kappa shape index (κ3) is 1.85. The van der Waals surface area contributed by atoms with Gasteiger partial charge in [-0.3, -0.25) is 9.89 Å². The number of nitrogens with one attached hydrogen (secondary N) is 3. The molecule has 84 valence electrons. The molecule has 0 radical (unpaired) electrons. The first kappa shape index (κ1) is 10.1. The van der Waals surface area contributed by atoms with Crippen LogP contribution < -0.4 is 16.4 Å². The minimum Gasteiger partial charge on any atom is -0.368 e. The minimum atomic E-state index is -0.457.